The fourth-order valence-electron chi connectivity index (χ4n) is 2.19. The van der Waals surface area contributed by atoms with Crippen LogP contribution in [0.15, 0.2) is 76.3 Å². The van der Waals surface area contributed by atoms with Crippen molar-refractivity contribution in [2.24, 2.45) is 4.99 Å². The van der Waals surface area contributed by atoms with E-state index in [-0.39, 0.29) is 0 Å². The van der Waals surface area contributed by atoms with Crippen molar-refractivity contribution in [2.45, 2.75) is 11.2 Å². The molecule has 0 spiro atoms. The summed E-state index contributed by atoms with van der Waals surface area (Å²) in [6.07, 6.45) is 5.20. The Morgan fingerprint density at radius 1 is 1.05 bits per heavy atom. The molecule has 2 aromatic carbocycles. The molecule has 2 aromatic rings. The number of aliphatic imine (C=N–C) groups is 1. The van der Waals surface area contributed by atoms with Crippen LogP contribution in [-0.2, 0) is 0 Å². The summed E-state index contributed by atoms with van der Waals surface area (Å²) in [7, 11) is 0. The van der Waals surface area contributed by atoms with E-state index in [9.17, 15) is 0 Å². The van der Waals surface area contributed by atoms with E-state index >= 15 is 0 Å². The summed E-state index contributed by atoms with van der Waals surface area (Å²) in [6, 6.07) is 19.2. The monoisotopic (exact) mass is 391 g/mol. The van der Waals surface area contributed by atoms with Crippen LogP contribution in [-0.4, -0.2) is 20.7 Å². The van der Waals surface area contributed by atoms with Gasteiger partial charge in [-0.15, -0.1) is 0 Å². The van der Waals surface area contributed by atoms with Crippen LogP contribution < -0.4 is 4.46 Å². The van der Waals surface area contributed by atoms with Crippen LogP contribution in [0.3, 0.4) is 0 Å². The summed E-state index contributed by atoms with van der Waals surface area (Å²) < 4.78 is 2.57. The third kappa shape index (κ3) is 3.29. The number of hydrogen-bond acceptors (Lipinski definition) is 1. The standard InChI is InChI=1S/C17H14BrNSe/c18-14-8-4-9-15(12-14)20-16-10-5-11-19-17(16)13-6-2-1-3-7-13/h1-9,11-12,16H,10H2. The Labute approximate surface area is 134 Å². The Morgan fingerprint density at radius 2 is 1.90 bits per heavy atom. The van der Waals surface area contributed by atoms with E-state index < -0.39 is 0 Å². The summed E-state index contributed by atoms with van der Waals surface area (Å²) >= 11 is 3.94. The van der Waals surface area contributed by atoms with Gasteiger partial charge in [-0.3, -0.25) is 0 Å². The summed E-state index contributed by atoms with van der Waals surface area (Å²) in [6.45, 7) is 0. The minimum atomic E-state index is 0.392. The molecule has 0 saturated heterocycles. The first-order valence-corrected chi connectivity index (χ1v) is 9.17. The van der Waals surface area contributed by atoms with Crippen LogP contribution in [0.2, 0.25) is 4.82 Å². The Kier molecular flexibility index (Phi) is 4.51. The fourth-order valence-corrected chi connectivity index (χ4v) is 5.44. The van der Waals surface area contributed by atoms with Gasteiger partial charge in [-0.05, 0) is 0 Å². The van der Waals surface area contributed by atoms with Gasteiger partial charge in [0, 0.05) is 0 Å². The fraction of sp³-hybridized carbons (Fsp3) is 0.118. The van der Waals surface area contributed by atoms with E-state index in [1.54, 1.807) is 0 Å². The van der Waals surface area contributed by atoms with E-state index in [4.69, 9.17) is 0 Å². The predicted molar refractivity (Wildman–Crippen MR) is 90.0 cm³/mol. The predicted octanol–water partition coefficient (Wildman–Crippen LogP) is 3.97. The zero-order valence-electron chi connectivity index (χ0n) is 10.9. The molecule has 0 aliphatic carbocycles. The molecule has 1 heterocycles. The number of halogens is 1. The number of allylic oxidation sites excluding steroid dienone is 1. The first-order valence-electron chi connectivity index (χ1n) is 6.53. The molecule has 1 atom stereocenters. The maximum atomic E-state index is 4.64. The molecule has 0 amide bonds. The molecule has 0 fully saturated rings. The van der Waals surface area contributed by atoms with Crippen molar-refractivity contribution in [1.82, 2.24) is 0 Å². The van der Waals surface area contributed by atoms with Crippen LogP contribution in [0.5, 0.6) is 0 Å². The molecule has 3 heteroatoms. The van der Waals surface area contributed by atoms with E-state index in [0.717, 1.165) is 10.9 Å². The Bertz CT molecular complexity index is 649. The van der Waals surface area contributed by atoms with Crippen LogP contribution >= 0.6 is 15.9 Å². The summed E-state index contributed by atoms with van der Waals surface area (Å²) in [4.78, 5) is 5.16. The second kappa shape index (κ2) is 6.53. The van der Waals surface area contributed by atoms with Gasteiger partial charge in [0.2, 0.25) is 0 Å². The van der Waals surface area contributed by atoms with Crippen molar-refractivity contribution in [3.63, 3.8) is 0 Å². The number of benzene rings is 2. The molecule has 0 N–H and O–H groups in total. The molecule has 20 heavy (non-hydrogen) atoms. The Hall–Kier alpha value is -1.15. The van der Waals surface area contributed by atoms with Crippen molar-refractivity contribution in [3.8, 4) is 0 Å². The van der Waals surface area contributed by atoms with Crippen LogP contribution in [0.25, 0.3) is 0 Å². The Morgan fingerprint density at radius 3 is 2.70 bits per heavy atom. The van der Waals surface area contributed by atoms with E-state index in [1.807, 2.05) is 6.20 Å². The zero-order valence-corrected chi connectivity index (χ0v) is 14.2. The van der Waals surface area contributed by atoms with Gasteiger partial charge in [-0.25, -0.2) is 0 Å². The Balaban J connectivity index is 1.86. The van der Waals surface area contributed by atoms with Crippen LogP contribution in [0.4, 0.5) is 0 Å². The molecule has 0 radical (unpaired) electrons. The third-order valence-electron chi connectivity index (χ3n) is 3.12. The van der Waals surface area contributed by atoms with Gasteiger partial charge in [-0.1, -0.05) is 0 Å². The van der Waals surface area contributed by atoms with E-state index in [2.05, 4.69) is 81.6 Å². The topological polar surface area (TPSA) is 12.4 Å². The third-order valence-corrected chi connectivity index (χ3v) is 6.18. The SMILES string of the molecule is Brc1cccc([Se]C2CC=CN=C2c2ccccc2)c1. The molecule has 1 aliphatic heterocycles. The van der Waals surface area contributed by atoms with Crippen molar-refractivity contribution in [1.29, 1.82) is 0 Å². The number of hydrogen-bond donors (Lipinski definition) is 0. The van der Waals surface area contributed by atoms with Gasteiger partial charge in [0.25, 0.3) is 0 Å². The molecule has 0 aromatic heterocycles. The molecule has 0 bridgehead atoms. The minimum absolute atomic E-state index is 0.392. The molecule has 1 aliphatic rings. The number of rotatable bonds is 3. The first-order chi connectivity index (χ1) is 9.83. The second-order valence-corrected chi connectivity index (χ2v) is 8.16. The zero-order chi connectivity index (χ0) is 13.8. The second-order valence-electron chi connectivity index (χ2n) is 4.56. The molecule has 100 valence electrons. The quantitative estimate of drug-likeness (QED) is 0.703. The van der Waals surface area contributed by atoms with Crippen LogP contribution in [0.1, 0.15) is 12.0 Å². The van der Waals surface area contributed by atoms with Gasteiger partial charge in [0.15, 0.2) is 0 Å². The molecular weight excluding hydrogens is 377 g/mol. The molecule has 3 rings (SSSR count). The molecular formula is C17H14BrNSe. The van der Waals surface area contributed by atoms with E-state index in [1.165, 1.54) is 15.7 Å². The summed E-state index contributed by atoms with van der Waals surface area (Å²) in [5.41, 5.74) is 2.48. The van der Waals surface area contributed by atoms with Crippen molar-refractivity contribution in [2.75, 3.05) is 0 Å². The summed E-state index contributed by atoms with van der Waals surface area (Å²) in [5, 5.41) is 0. The molecule has 0 saturated carbocycles. The molecule has 1 nitrogen and oxygen atoms in total. The van der Waals surface area contributed by atoms with Crippen molar-refractivity contribution in [3.05, 3.63) is 76.9 Å². The maximum absolute atomic E-state index is 4.64. The van der Waals surface area contributed by atoms with Gasteiger partial charge in [0.05, 0.1) is 0 Å². The van der Waals surface area contributed by atoms with Gasteiger partial charge in [-0.2, -0.15) is 0 Å². The van der Waals surface area contributed by atoms with Crippen LogP contribution in [0, 0.1) is 0 Å². The summed E-state index contributed by atoms with van der Waals surface area (Å²) in [5.74, 6) is 0. The number of nitrogens with zero attached hydrogens (tertiary/aromatic N) is 1. The van der Waals surface area contributed by atoms with Gasteiger partial charge in [0.1, 0.15) is 0 Å². The van der Waals surface area contributed by atoms with E-state index in [0.29, 0.717) is 19.8 Å². The van der Waals surface area contributed by atoms with Crippen molar-refractivity contribution >= 4 is 41.1 Å². The first kappa shape index (κ1) is 13.8. The molecule has 1 unspecified atom stereocenters. The normalized spacial score (nSPS) is 17.9. The van der Waals surface area contributed by atoms with Gasteiger partial charge >= 0.3 is 134 Å². The van der Waals surface area contributed by atoms with Gasteiger partial charge < -0.3 is 0 Å². The average Bonchev–Trinajstić information content (AvgIpc) is 2.49. The average molecular weight is 391 g/mol. The van der Waals surface area contributed by atoms with Crippen molar-refractivity contribution < 1.29 is 0 Å².